The summed E-state index contributed by atoms with van der Waals surface area (Å²) in [6, 6.07) is 4.49. The molecule has 5 nitrogen and oxygen atoms in total. The molecule has 0 atom stereocenters. The average Bonchev–Trinajstić information content (AvgIpc) is 3.11. The molecule has 1 amide bonds. The van der Waals surface area contributed by atoms with E-state index in [4.69, 9.17) is 0 Å². The van der Waals surface area contributed by atoms with Crippen LogP contribution in [0.15, 0.2) is 27.6 Å². The number of carbonyl (C=O) groups is 1. The van der Waals surface area contributed by atoms with Gasteiger partial charge in [-0.1, -0.05) is 0 Å². The SMILES string of the molecule is CC(C)NC(=O)c1cc(S(=O)(=O)NC2CC2)ccc1Br. The first-order valence-corrected chi connectivity index (χ1v) is 8.70. The van der Waals surface area contributed by atoms with Gasteiger partial charge in [0.2, 0.25) is 10.0 Å². The molecule has 1 saturated carbocycles. The van der Waals surface area contributed by atoms with Gasteiger partial charge in [0.15, 0.2) is 0 Å². The standard InChI is InChI=1S/C13H17BrN2O3S/c1-8(2)15-13(17)11-7-10(5-6-12(11)14)20(18,19)16-9-3-4-9/h5-9,16H,3-4H2,1-2H3,(H,15,17). The van der Waals surface area contributed by atoms with Crippen molar-refractivity contribution >= 4 is 31.9 Å². The third-order valence-corrected chi connectivity index (χ3v) is 5.02. The lowest BCUT2D eigenvalue weighted by atomic mass is 10.2. The van der Waals surface area contributed by atoms with Gasteiger partial charge in [-0.2, -0.15) is 0 Å². The zero-order chi connectivity index (χ0) is 14.9. The van der Waals surface area contributed by atoms with Crippen LogP contribution in [0.4, 0.5) is 0 Å². The number of halogens is 1. The lowest BCUT2D eigenvalue weighted by Crippen LogP contribution is -2.31. The van der Waals surface area contributed by atoms with Crippen LogP contribution >= 0.6 is 15.9 Å². The van der Waals surface area contributed by atoms with Gasteiger partial charge in [-0.15, -0.1) is 0 Å². The Morgan fingerprint density at radius 3 is 2.55 bits per heavy atom. The molecular weight excluding hydrogens is 344 g/mol. The van der Waals surface area contributed by atoms with Gasteiger partial charge in [0.1, 0.15) is 0 Å². The van der Waals surface area contributed by atoms with Crippen LogP contribution in [0.1, 0.15) is 37.0 Å². The van der Waals surface area contributed by atoms with Crippen LogP contribution in [0.5, 0.6) is 0 Å². The summed E-state index contributed by atoms with van der Waals surface area (Å²) in [5.74, 6) is -0.296. The molecule has 0 aromatic heterocycles. The molecular formula is C13H17BrN2O3S. The van der Waals surface area contributed by atoms with Gasteiger partial charge in [0, 0.05) is 16.6 Å². The molecule has 1 aliphatic carbocycles. The van der Waals surface area contributed by atoms with Crippen LogP contribution in [0.25, 0.3) is 0 Å². The van der Waals surface area contributed by atoms with Gasteiger partial charge in [0.05, 0.1) is 10.5 Å². The fraction of sp³-hybridized carbons (Fsp3) is 0.462. The topological polar surface area (TPSA) is 75.3 Å². The highest BCUT2D eigenvalue weighted by molar-refractivity contribution is 9.10. The Kier molecular flexibility index (Phi) is 4.51. The summed E-state index contributed by atoms with van der Waals surface area (Å²) >= 11 is 3.27. The highest BCUT2D eigenvalue weighted by Gasteiger charge is 2.28. The average molecular weight is 361 g/mol. The van der Waals surface area contributed by atoms with Crippen molar-refractivity contribution in [3.63, 3.8) is 0 Å². The second-order valence-electron chi connectivity index (χ2n) is 5.17. The van der Waals surface area contributed by atoms with Gasteiger partial charge in [-0.25, -0.2) is 13.1 Å². The number of benzene rings is 1. The molecule has 0 radical (unpaired) electrons. The van der Waals surface area contributed by atoms with Crippen molar-refractivity contribution in [1.82, 2.24) is 10.0 Å². The summed E-state index contributed by atoms with van der Waals surface area (Å²) in [6.45, 7) is 3.70. The highest BCUT2D eigenvalue weighted by atomic mass is 79.9. The Hall–Kier alpha value is -0.920. The van der Waals surface area contributed by atoms with Gasteiger partial charge in [0.25, 0.3) is 5.91 Å². The molecule has 0 aliphatic heterocycles. The lowest BCUT2D eigenvalue weighted by Gasteiger charge is -2.12. The Balaban J connectivity index is 2.30. The fourth-order valence-corrected chi connectivity index (χ4v) is 3.43. The van der Waals surface area contributed by atoms with Crippen LogP contribution in [-0.2, 0) is 10.0 Å². The molecule has 0 unspecified atom stereocenters. The third-order valence-electron chi connectivity index (χ3n) is 2.81. The van der Waals surface area contributed by atoms with E-state index in [0.717, 1.165) is 12.8 Å². The first-order chi connectivity index (χ1) is 9.29. The summed E-state index contributed by atoms with van der Waals surface area (Å²) in [5, 5.41) is 2.75. The number of carbonyl (C=O) groups excluding carboxylic acids is 1. The number of hydrogen-bond acceptors (Lipinski definition) is 3. The van der Waals surface area contributed by atoms with Crippen molar-refractivity contribution < 1.29 is 13.2 Å². The largest absolute Gasteiger partial charge is 0.350 e. The number of amides is 1. The second-order valence-corrected chi connectivity index (χ2v) is 7.73. The molecule has 110 valence electrons. The van der Waals surface area contributed by atoms with Crippen LogP contribution in [0.3, 0.4) is 0 Å². The van der Waals surface area contributed by atoms with E-state index < -0.39 is 10.0 Å². The maximum Gasteiger partial charge on any atom is 0.252 e. The van der Waals surface area contributed by atoms with Crippen molar-refractivity contribution in [3.8, 4) is 0 Å². The minimum atomic E-state index is -3.55. The van der Waals surface area contributed by atoms with E-state index in [9.17, 15) is 13.2 Å². The van der Waals surface area contributed by atoms with Gasteiger partial charge < -0.3 is 5.32 Å². The zero-order valence-electron chi connectivity index (χ0n) is 11.3. The van der Waals surface area contributed by atoms with Gasteiger partial charge >= 0.3 is 0 Å². The lowest BCUT2D eigenvalue weighted by molar-refractivity contribution is 0.0942. The first-order valence-electron chi connectivity index (χ1n) is 6.42. The molecule has 1 fully saturated rings. The zero-order valence-corrected chi connectivity index (χ0v) is 13.7. The van der Waals surface area contributed by atoms with E-state index >= 15 is 0 Å². The molecule has 1 aliphatic rings. The maximum absolute atomic E-state index is 12.1. The van der Waals surface area contributed by atoms with Crippen molar-refractivity contribution in [2.45, 2.75) is 43.7 Å². The highest BCUT2D eigenvalue weighted by Crippen LogP contribution is 2.25. The molecule has 0 heterocycles. The molecule has 7 heteroatoms. The fourth-order valence-electron chi connectivity index (χ4n) is 1.67. The number of sulfonamides is 1. The Morgan fingerprint density at radius 1 is 1.35 bits per heavy atom. The number of hydrogen-bond donors (Lipinski definition) is 2. The molecule has 2 N–H and O–H groups in total. The van der Waals surface area contributed by atoms with E-state index in [-0.39, 0.29) is 22.9 Å². The van der Waals surface area contributed by atoms with Crippen molar-refractivity contribution in [3.05, 3.63) is 28.2 Å². The minimum Gasteiger partial charge on any atom is -0.350 e. The molecule has 20 heavy (non-hydrogen) atoms. The quantitative estimate of drug-likeness (QED) is 0.843. The molecule has 0 spiro atoms. The van der Waals surface area contributed by atoms with Crippen molar-refractivity contribution in [1.29, 1.82) is 0 Å². The normalized spacial score (nSPS) is 15.4. The summed E-state index contributed by atoms with van der Waals surface area (Å²) in [4.78, 5) is 12.1. The molecule has 1 aromatic rings. The molecule has 0 bridgehead atoms. The predicted octanol–water partition coefficient (Wildman–Crippen LogP) is 2.03. The van der Waals surface area contributed by atoms with Crippen molar-refractivity contribution in [2.24, 2.45) is 0 Å². The van der Waals surface area contributed by atoms with E-state index in [2.05, 4.69) is 26.0 Å². The number of nitrogens with one attached hydrogen (secondary N) is 2. The Morgan fingerprint density at radius 2 is 2.00 bits per heavy atom. The number of rotatable bonds is 5. The van der Waals surface area contributed by atoms with Crippen LogP contribution in [-0.4, -0.2) is 26.4 Å². The maximum atomic E-state index is 12.1. The second kappa shape index (κ2) is 5.83. The molecule has 2 rings (SSSR count). The van der Waals surface area contributed by atoms with E-state index in [1.54, 1.807) is 6.07 Å². The predicted molar refractivity (Wildman–Crippen MR) is 80.1 cm³/mol. The van der Waals surface area contributed by atoms with Crippen LogP contribution < -0.4 is 10.0 Å². The van der Waals surface area contributed by atoms with E-state index in [1.165, 1.54) is 12.1 Å². The summed E-state index contributed by atoms with van der Waals surface area (Å²) in [5.41, 5.74) is 0.317. The van der Waals surface area contributed by atoms with Crippen LogP contribution in [0.2, 0.25) is 0 Å². The van der Waals surface area contributed by atoms with Crippen molar-refractivity contribution in [2.75, 3.05) is 0 Å². The van der Waals surface area contributed by atoms with Gasteiger partial charge in [-0.3, -0.25) is 4.79 Å². The smallest absolute Gasteiger partial charge is 0.252 e. The summed E-state index contributed by atoms with van der Waals surface area (Å²) in [7, 11) is -3.55. The van der Waals surface area contributed by atoms with Gasteiger partial charge in [-0.05, 0) is 60.8 Å². The monoisotopic (exact) mass is 360 g/mol. The summed E-state index contributed by atoms with van der Waals surface area (Å²) in [6.07, 6.45) is 1.74. The molecule has 0 saturated heterocycles. The third kappa shape index (κ3) is 3.80. The Bertz CT molecular complexity index is 625. The molecule has 1 aromatic carbocycles. The van der Waals surface area contributed by atoms with E-state index in [1.807, 2.05) is 13.8 Å². The van der Waals surface area contributed by atoms with E-state index in [0.29, 0.717) is 10.0 Å². The summed E-state index contributed by atoms with van der Waals surface area (Å²) < 4.78 is 27.4. The van der Waals surface area contributed by atoms with Crippen LogP contribution in [0, 0.1) is 0 Å². The minimum absolute atomic E-state index is 0.0146. The first kappa shape index (κ1) is 15.5. The Labute approximate surface area is 127 Å².